The second-order valence-corrected chi connectivity index (χ2v) is 5.57. The molecule has 1 amide bonds. The average Bonchev–Trinajstić information content (AvgIpc) is 2.48. The lowest BCUT2D eigenvalue weighted by molar-refractivity contribution is -0.121. The second-order valence-electron chi connectivity index (χ2n) is 5.13. The molecule has 1 aliphatic rings. The van der Waals surface area contributed by atoms with Gasteiger partial charge in [-0.2, -0.15) is 0 Å². The highest BCUT2D eigenvalue weighted by atomic mass is 35.5. The van der Waals surface area contributed by atoms with Gasteiger partial charge in [-0.25, -0.2) is 0 Å². The first kappa shape index (κ1) is 22.1. The Bertz CT molecular complexity index is 483. The molecule has 1 aliphatic heterocycles. The van der Waals surface area contributed by atoms with Gasteiger partial charge in [-0.3, -0.25) is 4.79 Å². The zero-order valence-corrected chi connectivity index (χ0v) is 15.5. The number of carbonyl (C=O) groups excluding carboxylic acids is 1. The van der Waals surface area contributed by atoms with Crippen molar-refractivity contribution < 1.29 is 9.53 Å². The Labute approximate surface area is 154 Å². The summed E-state index contributed by atoms with van der Waals surface area (Å²) in [5, 5.41) is 10.2. The first-order valence-corrected chi connectivity index (χ1v) is 7.64. The van der Waals surface area contributed by atoms with Gasteiger partial charge in [0.1, 0.15) is 5.75 Å². The molecule has 1 aromatic carbocycles. The standard InChI is InChI=1S/C15H22ClN3O2.2ClH/c1-21-14-5-4-11(16)9-13(14)18-8-6-15(20)19-12-3-2-7-17-10-12;;/h4-5,9,12,17-18H,2-3,6-8,10H2,1H3,(H,19,20);2*1H. The number of methoxy groups -OCH3 is 1. The maximum absolute atomic E-state index is 11.9. The number of anilines is 1. The third kappa shape index (κ3) is 7.48. The van der Waals surface area contributed by atoms with E-state index in [1.165, 1.54) is 0 Å². The van der Waals surface area contributed by atoms with Gasteiger partial charge in [0.05, 0.1) is 12.8 Å². The molecule has 0 saturated carbocycles. The fraction of sp³-hybridized carbons (Fsp3) is 0.533. The van der Waals surface area contributed by atoms with Crippen LogP contribution in [0.2, 0.25) is 5.02 Å². The molecule has 1 saturated heterocycles. The van der Waals surface area contributed by atoms with Crippen LogP contribution >= 0.6 is 36.4 Å². The van der Waals surface area contributed by atoms with Crippen LogP contribution in [0.1, 0.15) is 19.3 Å². The number of hydrogen-bond acceptors (Lipinski definition) is 4. The fourth-order valence-electron chi connectivity index (χ4n) is 2.40. The summed E-state index contributed by atoms with van der Waals surface area (Å²) in [6.07, 6.45) is 2.59. The molecule has 0 spiro atoms. The van der Waals surface area contributed by atoms with Crippen molar-refractivity contribution in [3.05, 3.63) is 23.2 Å². The van der Waals surface area contributed by atoms with Crippen molar-refractivity contribution in [3.63, 3.8) is 0 Å². The summed E-state index contributed by atoms with van der Waals surface area (Å²) in [6.45, 7) is 2.45. The first-order chi connectivity index (χ1) is 10.2. The molecule has 5 nitrogen and oxygen atoms in total. The summed E-state index contributed by atoms with van der Waals surface area (Å²) in [5.74, 6) is 0.786. The van der Waals surface area contributed by atoms with Crippen LogP contribution < -0.4 is 20.7 Å². The third-order valence-corrected chi connectivity index (χ3v) is 3.73. The molecule has 3 N–H and O–H groups in total. The largest absolute Gasteiger partial charge is 0.495 e. The molecule has 8 heteroatoms. The number of carbonyl (C=O) groups is 1. The van der Waals surface area contributed by atoms with Crippen molar-refractivity contribution in [2.45, 2.75) is 25.3 Å². The Morgan fingerprint density at radius 1 is 1.43 bits per heavy atom. The Morgan fingerprint density at radius 3 is 2.87 bits per heavy atom. The van der Waals surface area contributed by atoms with E-state index in [4.69, 9.17) is 16.3 Å². The van der Waals surface area contributed by atoms with Crippen LogP contribution in [0.15, 0.2) is 18.2 Å². The van der Waals surface area contributed by atoms with Gasteiger partial charge in [-0.15, -0.1) is 24.8 Å². The predicted octanol–water partition coefficient (Wildman–Crippen LogP) is 2.86. The van der Waals surface area contributed by atoms with Crippen molar-refractivity contribution in [1.29, 1.82) is 0 Å². The SMILES string of the molecule is COc1ccc(Cl)cc1NCCC(=O)NC1CCCNC1.Cl.Cl. The Balaban J connectivity index is 0.00000242. The monoisotopic (exact) mass is 383 g/mol. The lowest BCUT2D eigenvalue weighted by Gasteiger charge is -2.23. The number of amides is 1. The van der Waals surface area contributed by atoms with Crippen molar-refractivity contribution in [2.24, 2.45) is 0 Å². The van der Waals surface area contributed by atoms with E-state index >= 15 is 0 Å². The van der Waals surface area contributed by atoms with Crippen molar-refractivity contribution in [1.82, 2.24) is 10.6 Å². The van der Waals surface area contributed by atoms with Crippen LogP contribution in [0, 0.1) is 0 Å². The quantitative estimate of drug-likeness (QED) is 0.706. The Hall–Kier alpha value is -0.880. The topological polar surface area (TPSA) is 62.4 Å². The fourth-order valence-corrected chi connectivity index (χ4v) is 2.58. The Kier molecular flexibility index (Phi) is 11.2. The van der Waals surface area contributed by atoms with Crippen molar-refractivity contribution in [3.8, 4) is 5.75 Å². The molecule has 2 rings (SSSR count). The highest BCUT2D eigenvalue weighted by molar-refractivity contribution is 6.30. The Morgan fingerprint density at radius 2 is 2.22 bits per heavy atom. The van der Waals surface area contributed by atoms with Crippen molar-refractivity contribution in [2.75, 3.05) is 32.1 Å². The molecule has 1 unspecified atom stereocenters. The molecule has 23 heavy (non-hydrogen) atoms. The molecule has 1 heterocycles. The van der Waals surface area contributed by atoms with Crippen LogP contribution in [0.4, 0.5) is 5.69 Å². The van der Waals surface area contributed by atoms with Gasteiger partial charge in [0.2, 0.25) is 5.91 Å². The third-order valence-electron chi connectivity index (χ3n) is 3.49. The van der Waals surface area contributed by atoms with Crippen LogP contribution in [-0.2, 0) is 4.79 Å². The molecule has 1 atom stereocenters. The molecule has 0 aromatic heterocycles. The zero-order valence-electron chi connectivity index (χ0n) is 13.1. The normalized spacial score (nSPS) is 16.5. The molecule has 1 fully saturated rings. The van der Waals surface area contributed by atoms with Gasteiger partial charge in [0.25, 0.3) is 0 Å². The summed E-state index contributed by atoms with van der Waals surface area (Å²) in [4.78, 5) is 11.9. The molecule has 0 radical (unpaired) electrons. The minimum absolute atomic E-state index is 0. The van der Waals surface area contributed by atoms with E-state index < -0.39 is 0 Å². The molecular weight excluding hydrogens is 361 g/mol. The molecule has 0 aliphatic carbocycles. The number of hydrogen-bond donors (Lipinski definition) is 3. The summed E-state index contributed by atoms with van der Waals surface area (Å²) >= 11 is 5.96. The van der Waals surface area contributed by atoms with E-state index in [1.54, 1.807) is 25.3 Å². The molecular formula is C15H24Cl3N3O2. The van der Waals surface area contributed by atoms with E-state index in [1.807, 2.05) is 0 Å². The van der Waals surface area contributed by atoms with Gasteiger partial charge >= 0.3 is 0 Å². The van der Waals surface area contributed by atoms with Crippen LogP contribution in [0.3, 0.4) is 0 Å². The number of piperidine rings is 1. The summed E-state index contributed by atoms with van der Waals surface area (Å²) < 4.78 is 5.25. The van der Waals surface area contributed by atoms with Crippen molar-refractivity contribution >= 4 is 48.0 Å². The highest BCUT2D eigenvalue weighted by Gasteiger charge is 2.15. The molecule has 132 valence electrons. The molecule has 1 aromatic rings. The highest BCUT2D eigenvalue weighted by Crippen LogP contribution is 2.27. The minimum atomic E-state index is 0. The summed E-state index contributed by atoms with van der Waals surface area (Å²) in [7, 11) is 1.61. The predicted molar refractivity (Wildman–Crippen MR) is 99.6 cm³/mol. The zero-order chi connectivity index (χ0) is 15.1. The summed E-state index contributed by atoms with van der Waals surface area (Å²) in [5.41, 5.74) is 0.803. The lowest BCUT2D eigenvalue weighted by Crippen LogP contribution is -2.45. The second kappa shape index (κ2) is 11.6. The smallest absolute Gasteiger partial charge is 0.222 e. The minimum Gasteiger partial charge on any atom is -0.495 e. The number of rotatable bonds is 6. The van der Waals surface area contributed by atoms with Gasteiger partial charge in [0.15, 0.2) is 0 Å². The summed E-state index contributed by atoms with van der Waals surface area (Å²) in [6, 6.07) is 5.63. The van der Waals surface area contributed by atoms with Gasteiger partial charge < -0.3 is 20.7 Å². The van der Waals surface area contributed by atoms with E-state index in [-0.39, 0.29) is 36.8 Å². The maximum Gasteiger partial charge on any atom is 0.222 e. The van der Waals surface area contributed by atoms with Gasteiger partial charge in [0, 0.05) is 30.6 Å². The van der Waals surface area contributed by atoms with Crippen LogP contribution in [0.25, 0.3) is 0 Å². The van der Waals surface area contributed by atoms with Crippen LogP contribution in [0.5, 0.6) is 5.75 Å². The van der Waals surface area contributed by atoms with E-state index in [0.717, 1.165) is 37.4 Å². The maximum atomic E-state index is 11.9. The van der Waals surface area contributed by atoms with Crippen LogP contribution in [-0.4, -0.2) is 38.7 Å². The lowest BCUT2D eigenvalue weighted by atomic mass is 10.1. The number of nitrogens with one attached hydrogen (secondary N) is 3. The number of halogens is 3. The first-order valence-electron chi connectivity index (χ1n) is 7.26. The number of benzene rings is 1. The van der Waals surface area contributed by atoms with E-state index in [2.05, 4.69) is 16.0 Å². The van der Waals surface area contributed by atoms with E-state index in [0.29, 0.717) is 18.0 Å². The van der Waals surface area contributed by atoms with E-state index in [9.17, 15) is 4.79 Å². The molecule has 0 bridgehead atoms. The van der Waals surface area contributed by atoms with Gasteiger partial charge in [-0.05, 0) is 37.6 Å². The number of ether oxygens (including phenoxy) is 1. The van der Waals surface area contributed by atoms with Gasteiger partial charge in [-0.1, -0.05) is 11.6 Å². The average molecular weight is 385 g/mol.